The van der Waals surface area contributed by atoms with E-state index in [9.17, 15) is 0 Å². The summed E-state index contributed by atoms with van der Waals surface area (Å²) in [7, 11) is 1.71. The number of fused-ring (bicyclic) bond motifs is 2. The van der Waals surface area contributed by atoms with Crippen molar-refractivity contribution in [1.82, 2.24) is 19.9 Å². The number of ether oxygens (including phenoxy) is 1. The molecule has 0 radical (unpaired) electrons. The molecule has 25 heavy (non-hydrogen) atoms. The quantitative estimate of drug-likeness (QED) is 0.794. The van der Waals surface area contributed by atoms with E-state index in [4.69, 9.17) is 9.72 Å². The first kappa shape index (κ1) is 14.9. The summed E-state index contributed by atoms with van der Waals surface area (Å²) < 4.78 is 5.37. The lowest BCUT2D eigenvalue weighted by atomic mass is 10.1. The molecule has 0 atom stereocenters. The molecule has 3 aromatic rings. The minimum atomic E-state index is 0.629. The van der Waals surface area contributed by atoms with Crippen molar-refractivity contribution in [2.75, 3.05) is 13.7 Å². The molecule has 0 saturated heterocycles. The van der Waals surface area contributed by atoms with E-state index >= 15 is 0 Å². The highest BCUT2D eigenvalue weighted by Crippen LogP contribution is 2.38. The van der Waals surface area contributed by atoms with Gasteiger partial charge in [-0.05, 0) is 36.6 Å². The molecule has 5 nitrogen and oxygen atoms in total. The van der Waals surface area contributed by atoms with E-state index in [2.05, 4.69) is 39.4 Å². The smallest absolute Gasteiger partial charge is 0.131 e. The largest absolute Gasteiger partial charge is 0.497 e. The molecule has 1 saturated carbocycles. The SMILES string of the molecule is COc1ccc2[nH]cc(CN3CCc4nc(C5CC5)ncc4C3)c2c1. The molecule has 1 N–H and O–H groups in total. The molecule has 1 aromatic carbocycles. The van der Waals surface area contributed by atoms with Gasteiger partial charge in [-0.15, -0.1) is 0 Å². The highest BCUT2D eigenvalue weighted by molar-refractivity contribution is 5.84. The zero-order chi connectivity index (χ0) is 16.8. The number of aromatic nitrogens is 3. The zero-order valence-electron chi connectivity index (χ0n) is 14.5. The van der Waals surface area contributed by atoms with Crippen LogP contribution in [0.15, 0.2) is 30.6 Å². The van der Waals surface area contributed by atoms with Gasteiger partial charge < -0.3 is 9.72 Å². The fourth-order valence-corrected chi connectivity index (χ4v) is 3.72. The first-order valence-electron chi connectivity index (χ1n) is 9.01. The van der Waals surface area contributed by atoms with Crippen LogP contribution in [0.1, 0.15) is 41.4 Å². The third-order valence-corrected chi connectivity index (χ3v) is 5.34. The molecule has 2 aliphatic rings. The standard InChI is InChI=1S/C20H22N4O/c1-25-16-4-5-19-17(8-16)14(9-21-19)11-24-7-6-18-15(12-24)10-22-20(23-18)13-2-3-13/h4-5,8-10,13,21H,2-3,6-7,11-12H2,1H3. The van der Waals surface area contributed by atoms with Crippen molar-refractivity contribution >= 4 is 10.9 Å². The van der Waals surface area contributed by atoms with Crippen molar-refractivity contribution in [1.29, 1.82) is 0 Å². The van der Waals surface area contributed by atoms with Gasteiger partial charge in [0.25, 0.3) is 0 Å². The van der Waals surface area contributed by atoms with Crippen molar-refractivity contribution in [3.63, 3.8) is 0 Å². The summed E-state index contributed by atoms with van der Waals surface area (Å²) in [6, 6.07) is 6.19. The highest BCUT2D eigenvalue weighted by atomic mass is 16.5. The molecule has 0 unspecified atom stereocenters. The Balaban J connectivity index is 1.37. The van der Waals surface area contributed by atoms with Gasteiger partial charge >= 0.3 is 0 Å². The first-order valence-corrected chi connectivity index (χ1v) is 9.01. The Labute approximate surface area is 147 Å². The number of H-pyrrole nitrogens is 1. The highest BCUT2D eigenvalue weighted by Gasteiger charge is 2.28. The fourth-order valence-electron chi connectivity index (χ4n) is 3.72. The van der Waals surface area contributed by atoms with Gasteiger partial charge in [0, 0.05) is 66.5 Å². The molecule has 0 spiro atoms. The second-order valence-corrected chi connectivity index (χ2v) is 7.16. The Morgan fingerprint density at radius 1 is 1.32 bits per heavy atom. The molecule has 1 fully saturated rings. The van der Waals surface area contributed by atoms with E-state index in [0.29, 0.717) is 5.92 Å². The molecular formula is C20H22N4O. The summed E-state index contributed by atoms with van der Waals surface area (Å²) in [6.07, 6.45) is 7.71. The van der Waals surface area contributed by atoms with Crippen molar-refractivity contribution in [3.8, 4) is 5.75 Å². The molecule has 5 rings (SSSR count). The maximum absolute atomic E-state index is 5.37. The van der Waals surface area contributed by atoms with Gasteiger partial charge in [-0.3, -0.25) is 4.90 Å². The van der Waals surface area contributed by atoms with E-state index in [1.165, 1.54) is 35.0 Å². The topological polar surface area (TPSA) is 54.0 Å². The minimum Gasteiger partial charge on any atom is -0.497 e. The Morgan fingerprint density at radius 2 is 2.24 bits per heavy atom. The van der Waals surface area contributed by atoms with E-state index in [1.807, 2.05) is 6.07 Å². The van der Waals surface area contributed by atoms with Crippen LogP contribution in [0, 0.1) is 0 Å². The number of nitrogens with zero attached hydrogens (tertiary/aromatic N) is 3. The Morgan fingerprint density at radius 3 is 3.08 bits per heavy atom. The van der Waals surface area contributed by atoms with Crippen LogP contribution in [0.5, 0.6) is 5.75 Å². The number of hydrogen-bond donors (Lipinski definition) is 1. The van der Waals surface area contributed by atoms with Gasteiger partial charge in [0.1, 0.15) is 11.6 Å². The van der Waals surface area contributed by atoms with E-state index in [-0.39, 0.29) is 0 Å². The monoisotopic (exact) mass is 334 g/mol. The summed E-state index contributed by atoms with van der Waals surface area (Å²) in [6.45, 7) is 2.90. The molecule has 128 valence electrons. The molecule has 1 aliphatic carbocycles. The third kappa shape index (κ3) is 2.78. The van der Waals surface area contributed by atoms with Gasteiger partial charge in [-0.2, -0.15) is 0 Å². The van der Waals surface area contributed by atoms with Crippen LogP contribution >= 0.6 is 0 Å². The molecule has 3 heterocycles. The van der Waals surface area contributed by atoms with Crippen LogP contribution in [-0.2, 0) is 19.5 Å². The average Bonchev–Trinajstić information content (AvgIpc) is 3.43. The second kappa shape index (κ2) is 5.85. The van der Waals surface area contributed by atoms with Crippen molar-refractivity contribution < 1.29 is 4.74 Å². The lowest BCUT2D eigenvalue weighted by Gasteiger charge is -2.27. The molecule has 1 aliphatic heterocycles. The van der Waals surface area contributed by atoms with Crippen molar-refractivity contribution in [2.24, 2.45) is 0 Å². The summed E-state index contributed by atoms with van der Waals surface area (Å²) >= 11 is 0. The normalized spacial score (nSPS) is 17.6. The lowest BCUT2D eigenvalue weighted by Crippen LogP contribution is -2.31. The number of hydrogen-bond acceptors (Lipinski definition) is 4. The first-order chi connectivity index (χ1) is 12.3. The fraction of sp³-hybridized carbons (Fsp3) is 0.400. The number of rotatable bonds is 4. The Kier molecular flexibility index (Phi) is 3.48. The summed E-state index contributed by atoms with van der Waals surface area (Å²) in [4.78, 5) is 15.3. The van der Waals surface area contributed by atoms with E-state index in [0.717, 1.165) is 43.1 Å². The predicted octanol–water partition coefficient (Wildman–Crippen LogP) is 3.40. The molecule has 2 aromatic heterocycles. The lowest BCUT2D eigenvalue weighted by molar-refractivity contribution is 0.243. The van der Waals surface area contributed by atoms with Crippen LogP contribution in [0.2, 0.25) is 0 Å². The second-order valence-electron chi connectivity index (χ2n) is 7.16. The van der Waals surface area contributed by atoms with E-state index in [1.54, 1.807) is 7.11 Å². The van der Waals surface area contributed by atoms with Crippen molar-refractivity contribution in [2.45, 2.75) is 38.3 Å². The maximum Gasteiger partial charge on any atom is 0.131 e. The number of aromatic amines is 1. The maximum atomic E-state index is 5.37. The van der Waals surface area contributed by atoms with Crippen LogP contribution in [-0.4, -0.2) is 33.5 Å². The molecular weight excluding hydrogens is 312 g/mol. The van der Waals surface area contributed by atoms with Gasteiger partial charge in [-0.25, -0.2) is 9.97 Å². The Bertz CT molecular complexity index is 929. The van der Waals surface area contributed by atoms with Crippen LogP contribution in [0.4, 0.5) is 0 Å². The minimum absolute atomic E-state index is 0.629. The summed E-state index contributed by atoms with van der Waals surface area (Å²) in [5.41, 5.74) is 5.01. The van der Waals surface area contributed by atoms with Gasteiger partial charge in [0.15, 0.2) is 0 Å². The number of methoxy groups -OCH3 is 1. The third-order valence-electron chi connectivity index (χ3n) is 5.34. The number of nitrogens with one attached hydrogen (secondary N) is 1. The van der Waals surface area contributed by atoms with Crippen LogP contribution < -0.4 is 4.74 Å². The van der Waals surface area contributed by atoms with E-state index < -0.39 is 0 Å². The molecule has 5 heteroatoms. The van der Waals surface area contributed by atoms with Gasteiger partial charge in [0.2, 0.25) is 0 Å². The average molecular weight is 334 g/mol. The van der Waals surface area contributed by atoms with Crippen LogP contribution in [0.25, 0.3) is 10.9 Å². The summed E-state index contributed by atoms with van der Waals surface area (Å²) in [5.74, 6) is 2.60. The predicted molar refractivity (Wildman–Crippen MR) is 96.7 cm³/mol. The Hall–Kier alpha value is -2.40. The van der Waals surface area contributed by atoms with Crippen molar-refractivity contribution in [3.05, 3.63) is 53.2 Å². The van der Waals surface area contributed by atoms with Gasteiger partial charge in [0.05, 0.1) is 7.11 Å². The molecule has 0 bridgehead atoms. The molecule has 0 amide bonds. The zero-order valence-corrected chi connectivity index (χ0v) is 14.5. The van der Waals surface area contributed by atoms with Gasteiger partial charge in [-0.1, -0.05) is 0 Å². The summed E-state index contributed by atoms with van der Waals surface area (Å²) in [5, 5.41) is 1.24. The van der Waals surface area contributed by atoms with Crippen LogP contribution in [0.3, 0.4) is 0 Å². The number of benzene rings is 1.